The van der Waals surface area contributed by atoms with Gasteiger partial charge in [0.2, 0.25) is 0 Å². The fraction of sp³-hybridized carbons (Fsp3) is 0.467. The van der Waals surface area contributed by atoms with Crippen LogP contribution in [0.4, 0.5) is 5.69 Å². The molecule has 3 heteroatoms. The van der Waals surface area contributed by atoms with Crippen molar-refractivity contribution in [3.05, 3.63) is 42.5 Å². The quantitative estimate of drug-likeness (QED) is 0.538. The number of anilines is 1. The number of ether oxygens (including phenoxy) is 1. The van der Waals surface area contributed by atoms with Crippen LogP contribution >= 0.6 is 0 Å². The molecule has 0 spiro atoms. The van der Waals surface area contributed by atoms with E-state index in [1.54, 1.807) is 7.11 Å². The Hall–Kier alpha value is -1.32. The molecule has 0 aromatic heterocycles. The lowest BCUT2D eigenvalue weighted by atomic mass is 10.1. The van der Waals surface area contributed by atoms with Crippen LogP contribution in [0.1, 0.15) is 12.0 Å². The average molecular weight is 248 g/mol. The Morgan fingerprint density at radius 1 is 1.33 bits per heavy atom. The van der Waals surface area contributed by atoms with Crippen LogP contribution in [0, 0.1) is 0 Å². The Labute approximate surface area is 110 Å². The van der Waals surface area contributed by atoms with Crippen molar-refractivity contribution in [1.82, 2.24) is 4.90 Å². The predicted molar refractivity (Wildman–Crippen MR) is 77.7 cm³/mol. The second-order valence-corrected chi connectivity index (χ2v) is 4.38. The van der Waals surface area contributed by atoms with Crippen molar-refractivity contribution in [1.29, 1.82) is 0 Å². The maximum Gasteiger partial charge on any atom is 0.0589 e. The summed E-state index contributed by atoms with van der Waals surface area (Å²) >= 11 is 0. The van der Waals surface area contributed by atoms with E-state index in [0.29, 0.717) is 0 Å². The molecule has 1 aromatic rings. The fourth-order valence-electron chi connectivity index (χ4n) is 1.95. The summed E-state index contributed by atoms with van der Waals surface area (Å²) in [5.74, 6) is 0. The molecule has 0 radical (unpaired) electrons. The van der Waals surface area contributed by atoms with Crippen molar-refractivity contribution in [2.75, 3.05) is 39.1 Å². The lowest BCUT2D eigenvalue weighted by Crippen LogP contribution is -2.29. The molecule has 18 heavy (non-hydrogen) atoms. The van der Waals surface area contributed by atoms with Gasteiger partial charge in [-0.1, -0.05) is 24.3 Å². The van der Waals surface area contributed by atoms with Crippen LogP contribution in [0.2, 0.25) is 0 Å². The van der Waals surface area contributed by atoms with Gasteiger partial charge in [0.1, 0.15) is 0 Å². The van der Waals surface area contributed by atoms with E-state index in [-0.39, 0.29) is 0 Å². The maximum absolute atomic E-state index is 5.93. The molecule has 0 saturated carbocycles. The van der Waals surface area contributed by atoms with Gasteiger partial charge in [-0.25, -0.2) is 0 Å². The molecular formula is C15H24N2O. The van der Waals surface area contributed by atoms with Crippen LogP contribution in [-0.2, 0) is 11.2 Å². The van der Waals surface area contributed by atoms with Crippen LogP contribution < -0.4 is 5.73 Å². The van der Waals surface area contributed by atoms with Gasteiger partial charge in [-0.3, -0.25) is 4.90 Å². The van der Waals surface area contributed by atoms with E-state index in [2.05, 4.69) is 17.5 Å². The summed E-state index contributed by atoms with van der Waals surface area (Å²) in [5, 5.41) is 0. The summed E-state index contributed by atoms with van der Waals surface area (Å²) in [6.45, 7) is 7.46. The number of nitrogens with zero attached hydrogens (tertiary/aromatic N) is 1. The van der Waals surface area contributed by atoms with Crippen LogP contribution in [0.5, 0.6) is 0 Å². The Bertz CT molecular complexity index is 352. The summed E-state index contributed by atoms with van der Waals surface area (Å²) in [4.78, 5) is 2.34. The molecule has 0 unspecified atom stereocenters. The highest BCUT2D eigenvalue weighted by molar-refractivity contribution is 5.46. The molecule has 0 aliphatic rings. The smallest absolute Gasteiger partial charge is 0.0589 e. The summed E-state index contributed by atoms with van der Waals surface area (Å²) in [6.07, 6.45) is 4.06. The first-order valence-corrected chi connectivity index (χ1v) is 6.43. The molecule has 0 fully saturated rings. The minimum atomic E-state index is 0.765. The van der Waals surface area contributed by atoms with Gasteiger partial charge in [-0.15, -0.1) is 6.58 Å². The van der Waals surface area contributed by atoms with Crippen LogP contribution in [0.3, 0.4) is 0 Å². The van der Waals surface area contributed by atoms with E-state index < -0.39 is 0 Å². The molecule has 0 heterocycles. The second-order valence-electron chi connectivity index (χ2n) is 4.38. The maximum atomic E-state index is 5.93. The standard InChI is InChI=1S/C15H24N2O/c1-3-10-17(12-13-18-2)11-6-8-14-7-4-5-9-15(14)16/h3-5,7,9H,1,6,8,10-13,16H2,2H3. The first-order chi connectivity index (χ1) is 8.77. The van der Waals surface area contributed by atoms with Gasteiger partial charge in [0.25, 0.3) is 0 Å². The van der Waals surface area contributed by atoms with Crippen molar-refractivity contribution in [2.24, 2.45) is 0 Å². The minimum absolute atomic E-state index is 0.765. The van der Waals surface area contributed by atoms with Crippen LogP contribution in [-0.4, -0.2) is 38.3 Å². The number of rotatable bonds is 9. The van der Waals surface area contributed by atoms with Crippen molar-refractivity contribution >= 4 is 5.69 Å². The molecular weight excluding hydrogens is 224 g/mol. The lowest BCUT2D eigenvalue weighted by molar-refractivity contribution is 0.153. The molecule has 1 aromatic carbocycles. The highest BCUT2D eigenvalue weighted by atomic mass is 16.5. The Morgan fingerprint density at radius 3 is 2.78 bits per heavy atom. The number of nitrogens with two attached hydrogens (primary N) is 1. The fourth-order valence-corrected chi connectivity index (χ4v) is 1.95. The molecule has 0 aliphatic carbocycles. The number of hydrogen-bond donors (Lipinski definition) is 1. The highest BCUT2D eigenvalue weighted by Crippen LogP contribution is 2.12. The molecule has 0 saturated heterocycles. The predicted octanol–water partition coefficient (Wildman–Crippen LogP) is 2.34. The normalized spacial score (nSPS) is 10.8. The summed E-state index contributed by atoms with van der Waals surface area (Å²) in [6, 6.07) is 8.07. The lowest BCUT2D eigenvalue weighted by Gasteiger charge is -2.20. The van der Waals surface area contributed by atoms with Crippen molar-refractivity contribution < 1.29 is 4.74 Å². The van der Waals surface area contributed by atoms with Gasteiger partial charge in [0.15, 0.2) is 0 Å². The van der Waals surface area contributed by atoms with Crippen LogP contribution in [0.15, 0.2) is 36.9 Å². The highest BCUT2D eigenvalue weighted by Gasteiger charge is 2.03. The van der Waals surface area contributed by atoms with Crippen molar-refractivity contribution in [3.8, 4) is 0 Å². The summed E-state index contributed by atoms with van der Waals surface area (Å²) < 4.78 is 5.11. The monoisotopic (exact) mass is 248 g/mol. The molecule has 3 nitrogen and oxygen atoms in total. The zero-order valence-corrected chi connectivity index (χ0v) is 11.3. The molecule has 0 atom stereocenters. The average Bonchev–Trinajstić information content (AvgIpc) is 2.38. The molecule has 100 valence electrons. The van der Waals surface area contributed by atoms with E-state index >= 15 is 0 Å². The zero-order chi connectivity index (χ0) is 13.2. The first-order valence-electron chi connectivity index (χ1n) is 6.43. The van der Waals surface area contributed by atoms with Gasteiger partial charge in [0, 0.05) is 25.9 Å². The van der Waals surface area contributed by atoms with Crippen molar-refractivity contribution in [3.63, 3.8) is 0 Å². The van der Waals surface area contributed by atoms with Crippen molar-refractivity contribution in [2.45, 2.75) is 12.8 Å². The molecule has 0 amide bonds. The number of aryl methyl sites for hydroxylation is 1. The number of methoxy groups -OCH3 is 1. The van der Waals surface area contributed by atoms with Gasteiger partial charge in [0.05, 0.1) is 6.61 Å². The van der Waals surface area contributed by atoms with Gasteiger partial charge in [-0.2, -0.15) is 0 Å². The third kappa shape index (κ3) is 5.34. The zero-order valence-electron chi connectivity index (χ0n) is 11.3. The topological polar surface area (TPSA) is 38.5 Å². The Morgan fingerprint density at radius 2 is 2.11 bits per heavy atom. The Balaban J connectivity index is 2.33. The van der Waals surface area contributed by atoms with Gasteiger partial charge in [-0.05, 0) is 31.0 Å². The molecule has 2 N–H and O–H groups in total. The minimum Gasteiger partial charge on any atom is -0.399 e. The van der Waals surface area contributed by atoms with Gasteiger partial charge >= 0.3 is 0 Å². The first kappa shape index (κ1) is 14.7. The van der Waals surface area contributed by atoms with E-state index in [1.165, 1.54) is 5.56 Å². The second kappa shape index (κ2) is 8.72. The van der Waals surface area contributed by atoms with Crippen LogP contribution in [0.25, 0.3) is 0 Å². The van der Waals surface area contributed by atoms with E-state index in [1.807, 2.05) is 24.3 Å². The largest absolute Gasteiger partial charge is 0.399 e. The summed E-state index contributed by atoms with van der Waals surface area (Å²) in [5.41, 5.74) is 8.06. The van der Waals surface area contributed by atoms with E-state index in [0.717, 1.165) is 44.8 Å². The number of benzene rings is 1. The third-order valence-electron chi connectivity index (χ3n) is 2.97. The molecule has 0 bridgehead atoms. The van der Waals surface area contributed by atoms with E-state index in [4.69, 9.17) is 10.5 Å². The molecule has 1 rings (SSSR count). The summed E-state index contributed by atoms with van der Waals surface area (Å²) in [7, 11) is 1.73. The number of nitrogen functional groups attached to an aromatic ring is 1. The number of hydrogen-bond acceptors (Lipinski definition) is 3. The SMILES string of the molecule is C=CCN(CCCc1ccccc1N)CCOC. The number of para-hydroxylation sites is 1. The molecule has 0 aliphatic heterocycles. The third-order valence-corrected chi connectivity index (χ3v) is 2.97. The Kier molecular flexibility index (Phi) is 7.14. The van der Waals surface area contributed by atoms with Gasteiger partial charge < -0.3 is 10.5 Å². The van der Waals surface area contributed by atoms with E-state index in [9.17, 15) is 0 Å².